The Morgan fingerprint density at radius 3 is 2.57 bits per heavy atom. The van der Waals surface area contributed by atoms with E-state index in [1.807, 2.05) is 36.6 Å². The first kappa shape index (κ1) is 19.5. The van der Waals surface area contributed by atoms with Crippen molar-refractivity contribution in [2.24, 2.45) is 0 Å². The second kappa shape index (κ2) is 8.62. The smallest absolute Gasteiger partial charge is 0.270 e. The summed E-state index contributed by atoms with van der Waals surface area (Å²) in [6, 6.07) is 12.3. The number of amides is 1. The van der Waals surface area contributed by atoms with Gasteiger partial charge in [-0.1, -0.05) is 24.3 Å². The maximum absolute atomic E-state index is 12.5. The van der Waals surface area contributed by atoms with Crippen LogP contribution in [0, 0.1) is 17.0 Å². The van der Waals surface area contributed by atoms with Crippen molar-refractivity contribution in [3.05, 3.63) is 74.1 Å². The molecule has 2 N–H and O–H groups in total. The molecule has 0 unspecified atom stereocenters. The Morgan fingerprint density at radius 1 is 1.21 bits per heavy atom. The van der Waals surface area contributed by atoms with Crippen molar-refractivity contribution in [3.63, 3.8) is 0 Å². The van der Waals surface area contributed by atoms with Crippen LogP contribution in [0.3, 0.4) is 0 Å². The summed E-state index contributed by atoms with van der Waals surface area (Å²) in [6.45, 7) is 2.41. The van der Waals surface area contributed by atoms with E-state index in [9.17, 15) is 14.9 Å². The average molecular weight is 396 g/mol. The number of benzene rings is 2. The van der Waals surface area contributed by atoms with E-state index in [1.165, 1.54) is 18.2 Å². The van der Waals surface area contributed by atoms with Crippen LogP contribution >= 0.6 is 11.3 Å². The minimum absolute atomic E-state index is 0.114. The second-order valence-electron chi connectivity index (χ2n) is 6.19. The van der Waals surface area contributed by atoms with Gasteiger partial charge in [0.05, 0.1) is 21.2 Å². The Balaban J connectivity index is 1.61. The van der Waals surface area contributed by atoms with E-state index >= 15 is 0 Å². The van der Waals surface area contributed by atoms with Gasteiger partial charge in [0.25, 0.3) is 11.6 Å². The Bertz CT molecular complexity index is 999. The molecule has 2 aromatic carbocycles. The predicted octanol–water partition coefficient (Wildman–Crippen LogP) is 4.04. The molecular formula is C20H20N4O3S. The fourth-order valence-electron chi connectivity index (χ4n) is 2.81. The molecule has 0 radical (unpaired) electrons. The Morgan fingerprint density at radius 2 is 1.96 bits per heavy atom. The number of aromatic nitrogens is 1. The van der Waals surface area contributed by atoms with Crippen LogP contribution in [0.25, 0.3) is 11.3 Å². The van der Waals surface area contributed by atoms with Gasteiger partial charge in [0, 0.05) is 42.4 Å². The van der Waals surface area contributed by atoms with Gasteiger partial charge < -0.3 is 10.6 Å². The van der Waals surface area contributed by atoms with Crippen LogP contribution in [0.1, 0.15) is 20.9 Å². The molecule has 3 rings (SSSR count). The van der Waals surface area contributed by atoms with E-state index < -0.39 is 4.92 Å². The molecule has 1 amide bonds. The molecular weight excluding hydrogens is 376 g/mol. The van der Waals surface area contributed by atoms with E-state index in [2.05, 4.69) is 15.6 Å². The summed E-state index contributed by atoms with van der Waals surface area (Å²) in [5.41, 5.74) is 3.80. The summed E-state index contributed by atoms with van der Waals surface area (Å²) < 4.78 is 0. The van der Waals surface area contributed by atoms with Crippen LogP contribution in [0.15, 0.2) is 47.8 Å². The van der Waals surface area contributed by atoms with Crippen LogP contribution in [-0.2, 0) is 6.42 Å². The monoisotopic (exact) mass is 396 g/mol. The SMILES string of the molecule is CNc1ccc([N+](=O)[O-])cc1C(=O)NCCc1ccc(-c2csc(C)n2)cc1. The highest BCUT2D eigenvalue weighted by Gasteiger charge is 2.16. The third-order valence-electron chi connectivity index (χ3n) is 4.30. The largest absolute Gasteiger partial charge is 0.387 e. The zero-order chi connectivity index (χ0) is 20.1. The molecule has 0 aliphatic rings. The molecule has 0 saturated carbocycles. The minimum Gasteiger partial charge on any atom is -0.387 e. The van der Waals surface area contributed by atoms with E-state index in [4.69, 9.17) is 0 Å². The van der Waals surface area contributed by atoms with Crippen molar-refractivity contribution in [3.8, 4) is 11.3 Å². The summed E-state index contributed by atoms with van der Waals surface area (Å²) in [5, 5.41) is 19.7. The number of rotatable bonds is 7. The van der Waals surface area contributed by atoms with Gasteiger partial charge in [0.2, 0.25) is 0 Å². The van der Waals surface area contributed by atoms with Crippen molar-refractivity contribution in [2.45, 2.75) is 13.3 Å². The summed E-state index contributed by atoms with van der Waals surface area (Å²) >= 11 is 1.62. The number of nitro groups is 1. The zero-order valence-corrected chi connectivity index (χ0v) is 16.4. The van der Waals surface area contributed by atoms with Crippen molar-refractivity contribution in [2.75, 3.05) is 18.9 Å². The molecule has 0 spiro atoms. The summed E-state index contributed by atoms with van der Waals surface area (Å²) in [5.74, 6) is -0.345. The van der Waals surface area contributed by atoms with E-state index in [1.54, 1.807) is 18.4 Å². The minimum atomic E-state index is -0.512. The second-order valence-corrected chi connectivity index (χ2v) is 7.25. The molecule has 144 valence electrons. The maximum atomic E-state index is 12.5. The molecule has 0 atom stereocenters. The van der Waals surface area contributed by atoms with E-state index in [-0.39, 0.29) is 17.2 Å². The Labute approximate surface area is 166 Å². The van der Waals surface area contributed by atoms with Gasteiger partial charge in [-0.2, -0.15) is 0 Å². The van der Waals surface area contributed by atoms with E-state index in [0.29, 0.717) is 18.7 Å². The van der Waals surface area contributed by atoms with E-state index in [0.717, 1.165) is 21.8 Å². The molecule has 8 heteroatoms. The molecule has 1 aromatic heterocycles. The number of carbonyl (C=O) groups excluding carboxylic acids is 1. The highest BCUT2D eigenvalue weighted by Crippen LogP contribution is 2.23. The van der Waals surface area contributed by atoms with Gasteiger partial charge in [0.15, 0.2) is 0 Å². The first-order valence-corrected chi connectivity index (χ1v) is 9.61. The number of nitrogens with one attached hydrogen (secondary N) is 2. The van der Waals surface area contributed by atoms with Crippen molar-refractivity contribution in [1.29, 1.82) is 0 Å². The molecule has 3 aromatic rings. The topological polar surface area (TPSA) is 97.2 Å². The number of non-ortho nitro benzene ring substituents is 1. The zero-order valence-electron chi connectivity index (χ0n) is 15.6. The molecule has 0 bridgehead atoms. The molecule has 0 fully saturated rings. The van der Waals surface area contributed by atoms with Crippen LogP contribution in [-0.4, -0.2) is 29.4 Å². The highest BCUT2D eigenvalue weighted by molar-refractivity contribution is 7.09. The lowest BCUT2D eigenvalue weighted by Gasteiger charge is -2.10. The Hall–Kier alpha value is -3.26. The van der Waals surface area contributed by atoms with Crippen LogP contribution < -0.4 is 10.6 Å². The van der Waals surface area contributed by atoms with Crippen LogP contribution in [0.5, 0.6) is 0 Å². The van der Waals surface area contributed by atoms with Crippen molar-refractivity contribution < 1.29 is 9.72 Å². The fourth-order valence-corrected chi connectivity index (χ4v) is 3.43. The summed E-state index contributed by atoms with van der Waals surface area (Å²) in [6.07, 6.45) is 0.659. The maximum Gasteiger partial charge on any atom is 0.270 e. The molecule has 0 aliphatic carbocycles. The number of thiazole rings is 1. The van der Waals surface area contributed by atoms with Gasteiger partial charge >= 0.3 is 0 Å². The van der Waals surface area contributed by atoms with Gasteiger partial charge in [-0.3, -0.25) is 14.9 Å². The lowest BCUT2D eigenvalue weighted by Crippen LogP contribution is -2.26. The molecule has 28 heavy (non-hydrogen) atoms. The number of hydrogen-bond acceptors (Lipinski definition) is 6. The van der Waals surface area contributed by atoms with Crippen molar-refractivity contribution >= 4 is 28.6 Å². The first-order chi connectivity index (χ1) is 13.5. The van der Waals surface area contributed by atoms with Crippen LogP contribution in [0.4, 0.5) is 11.4 Å². The van der Waals surface area contributed by atoms with Gasteiger partial charge in [0.1, 0.15) is 0 Å². The van der Waals surface area contributed by atoms with Gasteiger partial charge in [-0.15, -0.1) is 11.3 Å². The molecule has 0 saturated heterocycles. The van der Waals surface area contributed by atoms with Crippen LogP contribution in [0.2, 0.25) is 0 Å². The fraction of sp³-hybridized carbons (Fsp3) is 0.200. The quantitative estimate of drug-likeness (QED) is 0.464. The third-order valence-corrected chi connectivity index (χ3v) is 5.07. The normalized spacial score (nSPS) is 10.5. The number of aryl methyl sites for hydroxylation is 1. The number of nitro benzene ring substituents is 1. The third kappa shape index (κ3) is 4.52. The van der Waals surface area contributed by atoms with Crippen molar-refractivity contribution in [1.82, 2.24) is 10.3 Å². The standard InChI is InChI=1S/C20H20N4O3S/c1-13-23-19(12-28-13)15-5-3-14(4-6-15)9-10-22-20(25)17-11-16(24(26)27)7-8-18(17)21-2/h3-8,11-12,21H,9-10H2,1-2H3,(H,22,25). The Kier molecular flexibility index (Phi) is 6.00. The average Bonchev–Trinajstić information content (AvgIpc) is 3.14. The number of hydrogen-bond donors (Lipinski definition) is 2. The number of carbonyl (C=O) groups is 1. The lowest BCUT2D eigenvalue weighted by molar-refractivity contribution is -0.384. The molecule has 0 aliphatic heterocycles. The van der Waals surface area contributed by atoms with Gasteiger partial charge in [-0.05, 0) is 25.0 Å². The number of anilines is 1. The molecule has 7 nitrogen and oxygen atoms in total. The van der Waals surface area contributed by atoms with Gasteiger partial charge in [-0.25, -0.2) is 4.98 Å². The highest BCUT2D eigenvalue weighted by atomic mass is 32.1. The summed E-state index contributed by atoms with van der Waals surface area (Å²) in [4.78, 5) is 27.4. The predicted molar refractivity (Wildman–Crippen MR) is 111 cm³/mol. The number of nitrogens with zero attached hydrogens (tertiary/aromatic N) is 2. The first-order valence-electron chi connectivity index (χ1n) is 8.74. The molecule has 1 heterocycles. The lowest BCUT2D eigenvalue weighted by atomic mass is 10.1. The summed E-state index contributed by atoms with van der Waals surface area (Å²) in [7, 11) is 1.67.